The summed E-state index contributed by atoms with van der Waals surface area (Å²) in [5.41, 5.74) is 2.95. The predicted octanol–water partition coefficient (Wildman–Crippen LogP) is 4.22. The van der Waals surface area contributed by atoms with E-state index in [0.717, 1.165) is 11.1 Å². The number of carbonyl (C=O) groups excluding carboxylic acids is 1. The van der Waals surface area contributed by atoms with Gasteiger partial charge < -0.3 is 23.9 Å². The molecule has 0 aliphatic rings. The Bertz CT molecular complexity index is 1130. The minimum absolute atomic E-state index is 0.0695. The molecular formula is C25H25NO6. The highest BCUT2D eigenvalue weighted by molar-refractivity contribution is 6.08. The second-order valence-corrected chi connectivity index (χ2v) is 7.14. The molecule has 0 unspecified atom stereocenters. The summed E-state index contributed by atoms with van der Waals surface area (Å²) in [6.45, 7) is 1.99. The predicted molar refractivity (Wildman–Crippen MR) is 121 cm³/mol. The number of allylic oxidation sites excluding steroid dienone is 1. The monoisotopic (exact) mass is 435 g/mol. The molecule has 0 saturated heterocycles. The van der Waals surface area contributed by atoms with E-state index in [2.05, 4.69) is 0 Å². The number of rotatable bonds is 10. The molecule has 0 amide bonds. The second kappa shape index (κ2) is 10.3. The van der Waals surface area contributed by atoms with Crippen LogP contribution >= 0.6 is 0 Å². The van der Waals surface area contributed by atoms with Gasteiger partial charge in [0.1, 0.15) is 17.2 Å². The highest BCUT2D eigenvalue weighted by atomic mass is 16.5. The summed E-state index contributed by atoms with van der Waals surface area (Å²) >= 11 is 0. The molecule has 7 heteroatoms. The Labute approximate surface area is 186 Å². The maximum absolute atomic E-state index is 13.0. The van der Waals surface area contributed by atoms with Crippen molar-refractivity contribution in [2.75, 3.05) is 20.8 Å². The van der Waals surface area contributed by atoms with E-state index in [1.54, 1.807) is 43.5 Å². The van der Waals surface area contributed by atoms with Gasteiger partial charge >= 0.3 is 5.97 Å². The number of aliphatic carboxylic acids is 1. The Balaban J connectivity index is 1.78. The van der Waals surface area contributed by atoms with E-state index in [0.29, 0.717) is 35.1 Å². The van der Waals surface area contributed by atoms with Gasteiger partial charge in [-0.15, -0.1) is 0 Å². The fraction of sp³-hybridized carbons (Fsp3) is 0.200. The van der Waals surface area contributed by atoms with Crippen LogP contribution in [0.5, 0.6) is 17.2 Å². The molecule has 0 saturated carbocycles. The molecule has 0 aliphatic heterocycles. The third kappa shape index (κ3) is 5.78. The highest BCUT2D eigenvalue weighted by Crippen LogP contribution is 2.24. The standard InChI is InChI=1S/C25H25NO6/c1-17-11-23(25(29)19-6-8-20(30-2)9-7-19)26(15-17)10-4-5-18-12-21(31-3)14-22(13-18)32-16-24(27)28/h4-9,11-15H,10,16H2,1-3H3,(H,27,28). The molecule has 0 radical (unpaired) electrons. The minimum atomic E-state index is -1.05. The van der Waals surface area contributed by atoms with E-state index in [1.165, 1.54) is 7.11 Å². The van der Waals surface area contributed by atoms with Crippen LogP contribution in [0.15, 0.2) is 60.8 Å². The van der Waals surface area contributed by atoms with Crippen LogP contribution < -0.4 is 14.2 Å². The summed E-state index contributed by atoms with van der Waals surface area (Å²) in [5.74, 6) is 0.529. The third-order valence-electron chi connectivity index (χ3n) is 4.73. The minimum Gasteiger partial charge on any atom is -0.497 e. The number of methoxy groups -OCH3 is 2. The van der Waals surface area contributed by atoms with E-state index in [4.69, 9.17) is 19.3 Å². The molecule has 0 atom stereocenters. The Morgan fingerprint density at radius 1 is 0.969 bits per heavy atom. The lowest BCUT2D eigenvalue weighted by Crippen LogP contribution is -2.09. The number of benzene rings is 2. The molecule has 3 rings (SSSR count). The van der Waals surface area contributed by atoms with Gasteiger partial charge in [0.15, 0.2) is 6.61 Å². The topological polar surface area (TPSA) is 87.0 Å². The smallest absolute Gasteiger partial charge is 0.341 e. The molecule has 0 spiro atoms. The van der Waals surface area contributed by atoms with Crippen molar-refractivity contribution in [1.29, 1.82) is 0 Å². The summed E-state index contributed by atoms with van der Waals surface area (Å²) in [6.07, 6.45) is 5.71. The van der Waals surface area contributed by atoms with Crippen LogP contribution in [0.4, 0.5) is 0 Å². The summed E-state index contributed by atoms with van der Waals surface area (Å²) in [5, 5.41) is 8.81. The molecule has 7 nitrogen and oxygen atoms in total. The van der Waals surface area contributed by atoms with Gasteiger partial charge in [-0.2, -0.15) is 0 Å². The molecule has 3 aromatic rings. The van der Waals surface area contributed by atoms with E-state index >= 15 is 0 Å². The maximum atomic E-state index is 13.0. The van der Waals surface area contributed by atoms with Gasteiger partial charge in [-0.25, -0.2) is 4.79 Å². The average Bonchev–Trinajstić information content (AvgIpc) is 3.17. The molecule has 166 valence electrons. The molecule has 32 heavy (non-hydrogen) atoms. The lowest BCUT2D eigenvalue weighted by molar-refractivity contribution is -0.139. The number of hydrogen-bond acceptors (Lipinski definition) is 5. The molecule has 1 aromatic heterocycles. The lowest BCUT2D eigenvalue weighted by Gasteiger charge is -2.08. The zero-order valence-corrected chi connectivity index (χ0v) is 18.2. The Hall–Kier alpha value is -4.00. The number of ether oxygens (including phenoxy) is 3. The van der Waals surface area contributed by atoms with Crippen molar-refractivity contribution in [2.45, 2.75) is 13.5 Å². The van der Waals surface area contributed by atoms with Crippen LogP contribution in [0.3, 0.4) is 0 Å². The van der Waals surface area contributed by atoms with E-state index in [9.17, 15) is 9.59 Å². The number of carbonyl (C=O) groups is 2. The molecular weight excluding hydrogens is 410 g/mol. The Kier molecular flexibility index (Phi) is 7.33. The normalized spacial score (nSPS) is 10.8. The summed E-state index contributed by atoms with van der Waals surface area (Å²) < 4.78 is 17.6. The zero-order valence-electron chi connectivity index (χ0n) is 18.2. The lowest BCUT2D eigenvalue weighted by atomic mass is 10.1. The molecule has 2 aromatic carbocycles. The zero-order chi connectivity index (χ0) is 23.1. The molecule has 0 aliphatic carbocycles. The largest absolute Gasteiger partial charge is 0.497 e. The van der Waals surface area contributed by atoms with E-state index < -0.39 is 12.6 Å². The summed E-state index contributed by atoms with van der Waals surface area (Å²) in [7, 11) is 3.12. The van der Waals surface area contributed by atoms with Crippen LogP contribution in [0, 0.1) is 6.92 Å². The number of nitrogens with zero attached hydrogens (tertiary/aromatic N) is 1. The van der Waals surface area contributed by atoms with Crippen molar-refractivity contribution in [2.24, 2.45) is 0 Å². The number of carboxylic acid groups (broad SMARTS) is 1. The number of aromatic nitrogens is 1. The van der Waals surface area contributed by atoms with Crippen molar-refractivity contribution in [3.63, 3.8) is 0 Å². The number of carboxylic acids is 1. The van der Waals surface area contributed by atoms with Crippen LogP contribution in [0.1, 0.15) is 27.2 Å². The van der Waals surface area contributed by atoms with Gasteiger partial charge in [0, 0.05) is 24.4 Å². The first kappa shape index (κ1) is 22.7. The van der Waals surface area contributed by atoms with Gasteiger partial charge in [0.2, 0.25) is 5.78 Å². The van der Waals surface area contributed by atoms with Crippen LogP contribution in [0.2, 0.25) is 0 Å². The van der Waals surface area contributed by atoms with Crippen molar-refractivity contribution in [3.05, 3.63) is 83.2 Å². The van der Waals surface area contributed by atoms with Crippen molar-refractivity contribution in [3.8, 4) is 17.2 Å². The molecule has 0 bridgehead atoms. The van der Waals surface area contributed by atoms with Crippen LogP contribution in [-0.2, 0) is 11.3 Å². The van der Waals surface area contributed by atoms with E-state index in [-0.39, 0.29) is 5.78 Å². The fourth-order valence-electron chi connectivity index (χ4n) is 3.23. The van der Waals surface area contributed by atoms with Gasteiger partial charge in [0.25, 0.3) is 0 Å². The number of hydrogen-bond donors (Lipinski definition) is 1. The van der Waals surface area contributed by atoms with Crippen molar-refractivity contribution < 1.29 is 28.9 Å². The Morgan fingerprint density at radius 2 is 1.66 bits per heavy atom. The van der Waals surface area contributed by atoms with Gasteiger partial charge in [0.05, 0.1) is 19.9 Å². The quantitative estimate of drug-likeness (QED) is 0.480. The third-order valence-corrected chi connectivity index (χ3v) is 4.73. The SMILES string of the molecule is COc1ccc(C(=O)c2cc(C)cn2CC=Cc2cc(OC)cc(OCC(=O)O)c2)cc1. The van der Waals surface area contributed by atoms with E-state index in [1.807, 2.05) is 42.0 Å². The second-order valence-electron chi connectivity index (χ2n) is 7.14. The van der Waals surface area contributed by atoms with Crippen molar-refractivity contribution in [1.82, 2.24) is 4.57 Å². The molecule has 0 fully saturated rings. The van der Waals surface area contributed by atoms with Crippen LogP contribution in [-0.4, -0.2) is 42.3 Å². The molecule has 1 N–H and O–H groups in total. The highest BCUT2D eigenvalue weighted by Gasteiger charge is 2.14. The number of ketones is 1. The van der Waals surface area contributed by atoms with Gasteiger partial charge in [-0.1, -0.05) is 12.2 Å². The first-order valence-corrected chi connectivity index (χ1v) is 9.95. The van der Waals surface area contributed by atoms with Gasteiger partial charge in [-0.05, 0) is 60.5 Å². The number of aryl methyl sites for hydroxylation is 1. The Morgan fingerprint density at radius 3 is 2.31 bits per heavy atom. The van der Waals surface area contributed by atoms with Crippen molar-refractivity contribution >= 4 is 17.8 Å². The maximum Gasteiger partial charge on any atom is 0.341 e. The molecule has 1 heterocycles. The first-order chi connectivity index (χ1) is 15.4. The van der Waals surface area contributed by atoms with Crippen LogP contribution in [0.25, 0.3) is 6.08 Å². The summed E-state index contributed by atoms with van der Waals surface area (Å²) in [6, 6.07) is 14.1. The first-order valence-electron chi connectivity index (χ1n) is 9.95. The average molecular weight is 435 g/mol. The summed E-state index contributed by atoms with van der Waals surface area (Å²) in [4.78, 5) is 23.8. The fourth-order valence-corrected chi connectivity index (χ4v) is 3.23. The van der Waals surface area contributed by atoms with Gasteiger partial charge in [-0.3, -0.25) is 4.79 Å².